The fraction of sp³-hybridized carbons (Fsp3) is 0.294. The quantitative estimate of drug-likeness (QED) is 0.774. The van der Waals surface area contributed by atoms with Crippen LogP contribution in [-0.4, -0.2) is 13.2 Å². The Morgan fingerprint density at radius 3 is 2.40 bits per heavy atom. The number of rotatable bonds is 7. The van der Waals surface area contributed by atoms with Crippen molar-refractivity contribution in [1.82, 2.24) is 0 Å². The molecule has 2 nitrogen and oxygen atoms in total. The van der Waals surface area contributed by atoms with E-state index >= 15 is 0 Å². The van der Waals surface area contributed by atoms with E-state index in [4.69, 9.17) is 22.1 Å². The van der Waals surface area contributed by atoms with E-state index in [0.717, 1.165) is 18.6 Å². The predicted octanol–water partition coefficient (Wildman–Crippen LogP) is 4.24. The molecule has 3 heteroatoms. The maximum atomic E-state index is 6.04. The lowest BCUT2D eigenvalue weighted by atomic mass is 9.95. The van der Waals surface area contributed by atoms with Crippen LogP contribution in [0.3, 0.4) is 0 Å². The number of ether oxygens (including phenoxy) is 1. The highest BCUT2D eigenvalue weighted by atomic mass is 35.5. The van der Waals surface area contributed by atoms with Gasteiger partial charge in [0.15, 0.2) is 0 Å². The van der Waals surface area contributed by atoms with Crippen LogP contribution in [0.5, 0.6) is 5.75 Å². The molecule has 20 heavy (non-hydrogen) atoms. The summed E-state index contributed by atoms with van der Waals surface area (Å²) in [6.45, 7) is 1.32. The standard InChI is InChI=1S/C17H20ClNO/c18-16-10-4-5-11-17(16)20-12-6-9-15(13-19)14-7-2-1-3-8-14/h1-5,7-8,10-11,15H,6,9,12-13,19H2. The monoisotopic (exact) mass is 289 g/mol. The molecule has 0 aliphatic rings. The van der Waals surface area contributed by atoms with E-state index in [-0.39, 0.29) is 0 Å². The van der Waals surface area contributed by atoms with Crippen molar-refractivity contribution in [3.8, 4) is 5.75 Å². The molecule has 0 aliphatic carbocycles. The second-order valence-corrected chi connectivity index (χ2v) is 5.17. The summed E-state index contributed by atoms with van der Waals surface area (Å²) in [4.78, 5) is 0. The van der Waals surface area contributed by atoms with E-state index in [2.05, 4.69) is 24.3 Å². The topological polar surface area (TPSA) is 35.2 Å². The predicted molar refractivity (Wildman–Crippen MR) is 84.4 cm³/mol. The van der Waals surface area contributed by atoms with Gasteiger partial charge in [-0.15, -0.1) is 0 Å². The third-order valence-corrected chi connectivity index (χ3v) is 3.66. The van der Waals surface area contributed by atoms with Gasteiger partial charge in [-0.05, 0) is 43.0 Å². The zero-order valence-electron chi connectivity index (χ0n) is 11.5. The van der Waals surface area contributed by atoms with E-state index < -0.39 is 0 Å². The summed E-state index contributed by atoms with van der Waals surface area (Å²) in [5.74, 6) is 1.14. The van der Waals surface area contributed by atoms with Gasteiger partial charge >= 0.3 is 0 Å². The largest absolute Gasteiger partial charge is 0.492 e. The van der Waals surface area contributed by atoms with Gasteiger partial charge in [0, 0.05) is 0 Å². The Balaban J connectivity index is 1.79. The third kappa shape index (κ3) is 4.26. The lowest BCUT2D eigenvalue weighted by Crippen LogP contribution is -2.13. The normalized spacial score (nSPS) is 12.1. The molecule has 0 aliphatic heterocycles. The zero-order chi connectivity index (χ0) is 14.2. The first-order valence-electron chi connectivity index (χ1n) is 6.93. The summed E-state index contributed by atoms with van der Waals surface area (Å²) < 4.78 is 5.69. The van der Waals surface area contributed by atoms with Crippen LogP contribution in [0.1, 0.15) is 24.3 Å². The van der Waals surface area contributed by atoms with E-state index in [1.807, 2.05) is 30.3 Å². The molecule has 2 aromatic rings. The molecular weight excluding hydrogens is 270 g/mol. The number of hydrogen-bond donors (Lipinski definition) is 1. The van der Waals surface area contributed by atoms with E-state index in [0.29, 0.717) is 24.1 Å². The summed E-state index contributed by atoms with van der Waals surface area (Å²) in [6, 6.07) is 17.9. The second-order valence-electron chi connectivity index (χ2n) is 4.76. The summed E-state index contributed by atoms with van der Waals surface area (Å²) in [5, 5.41) is 0.658. The van der Waals surface area contributed by atoms with Crippen molar-refractivity contribution >= 4 is 11.6 Å². The van der Waals surface area contributed by atoms with Crippen LogP contribution in [0.2, 0.25) is 5.02 Å². The average Bonchev–Trinajstić information content (AvgIpc) is 2.50. The SMILES string of the molecule is NCC(CCCOc1ccccc1Cl)c1ccccc1. The number of nitrogens with two attached hydrogens (primary N) is 1. The van der Waals surface area contributed by atoms with Crippen LogP contribution in [0, 0.1) is 0 Å². The highest BCUT2D eigenvalue weighted by Crippen LogP contribution is 2.24. The molecule has 106 valence electrons. The van der Waals surface area contributed by atoms with Gasteiger partial charge in [-0.3, -0.25) is 0 Å². The van der Waals surface area contributed by atoms with Gasteiger partial charge in [0.1, 0.15) is 5.75 Å². The van der Waals surface area contributed by atoms with Crippen molar-refractivity contribution < 1.29 is 4.74 Å². The smallest absolute Gasteiger partial charge is 0.137 e. The highest BCUT2D eigenvalue weighted by Gasteiger charge is 2.09. The number of para-hydroxylation sites is 1. The summed E-state index contributed by atoms with van der Waals surface area (Å²) in [7, 11) is 0. The molecule has 0 fully saturated rings. The van der Waals surface area contributed by atoms with Crippen molar-refractivity contribution in [3.05, 3.63) is 65.2 Å². The molecular formula is C17H20ClNO. The van der Waals surface area contributed by atoms with Crippen molar-refractivity contribution in [3.63, 3.8) is 0 Å². The maximum Gasteiger partial charge on any atom is 0.137 e. The minimum Gasteiger partial charge on any atom is -0.492 e. The average molecular weight is 290 g/mol. The Morgan fingerprint density at radius 1 is 1.00 bits per heavy atom. The molecule has 0 aromatic heterocycles. The molecule has 0 saturated heterocycles. The van der Waals surface area contributed by atoms with E-state index in [1.165, 1.54) is 5.56 Å². The van der Waals surface area contributed by atoms with Gasteiger partial charge in [0.2, 0.25) is 0 Å². The first-order chi connectivity index (χ1) is 9.81. The van der Waals surface area contributed by atoms with Crippen molar-refractivity contribution in [2.24, 2.45) is 5.73 Å². The Bertz CT molecular complexity index is 515. The van der Waals surface area contributed by atoms with Crippen molar-refractivity contribution in [1.29, 1.82) is 0 Å². The Morgan fingerprint density at radius 2 is 1.70 bits per heavy atom. The highest BCUT2D eigenvalue weighted by molar-refractivity contribution is 6.32. The molecule has 0 bridgehead atoms. The molecule has 1 unspecified atom stereocenters. The van der Waals surface area contributed by atoms with Crippen LogP contribution in [0.4, 0.5) is 0 Å². The van der Waals surface area contributed by atoms with Crippen LogP contribution in [-0.2, 0) is 0 Å². The Labute approximate surface area is 125 Å². The second kappa shape index (κ2) is 7.93. The van der Waals surface area contributed by atoms with Gasteiger partial charge in [-0.2, -0.15) is 0 Å². The van der Waals surface area contributed by atoms with Crippen LogP contribution >= 0.6 is 11.6 Å². The zero-order valence-corrected chi connectivity index (χ0v) is 12.2. The van der Waals surface area contributed by atoms with Gasteiger partial charge in [0.05, 0.1) is 11.6 Å². The molecule has 0 amide bonds. The third-order valence-electron chi connectivity index (χ3n) is 3.35. The van der Waals surface area contributed by atoms with Crippen molar-refractivity contribution in [2.45, 2.75) is 18.8 Å². The summed E-state index contributed by atoms with van der Waals surface area (Å²) >= 11 is 6.04. The fourth-order valence-electron chi connectivity index (χ4n) is 2.22. The first kappa shape index (κ1) is 14.9. The molecule has 2 rings (SSSR count). The molecule has 0 heterocycles. The first-order valence-corrected chi connectivity index (χ1v) is 7.31. The van der Waals surface area contributed by atoms with E-state index in [1.54, 1.807) is 0 Å². The molecule has 1 atom stereocenters. The lowest BCUT2D eigenvalue weighted by molar-refractivity contribution is 0.302. The molecule has 0 spiro atoms. The van der Waals surface area contributed by atoms with Gasteiger partial charge in [-0.1, -0.05) is 54.1 Å². The summed E-state index contributed by atoms with van der Waals surface area (Å²) in [5.41, 5.74) is 7.16. The maximum absolute atomic E-state index is 6.04. The van der Waals surface area contributed by atoms with Gasteiger partial charge in [0.25, 0.3) is 0 Å². The molecule has 2 aromatic carbocycles. The molecule has 2 N–H and O–H groups in total. The molecule has 0 radical (unpaired) electrons. The number of benzene rings is 2. The van der Waals surface area contributed by atoms with Crippen LogP contribution in [0.15, 0.2) is 54.6 Å². The van der Waals surface area contributed by atoms with Crippen LogP contribution < -0.4 is 10.5 Å². The number of halogens is 1. The molecule has 0 saturated carbocycles. The van der Waals surface area contributed by atoms with Gasteiger partial charge in [-0.25, -0.2) is 0 Å². The van der Waals surface area contributed by atoms with E-state index in [9.17, 15) is 0 Å². The summed E-state index contributed by atoms with van der Waals surface area (Å²) in [6.07, 6.45) is 1.98. The Hall–Kier alpha value is -1.51. The van der Waals surface area contributed by atoms with Crippen LogP contribution in [0.25, 0.3) is 0 Å². The Kier molecular flexibility index (Phi) is 5.90. The minimum atomic E-state index is 0.394. The number of hydrogen-bond acceptors (Lipinski definition) is 2. The fourth-order valence-corrected chi connectivity index (χ4v) is 2.41. The van der Waals surface area contributed by atoms with Crippen molar-refractivity contribution in [2.75, 3.05) is 13.2 Å². The minimum absolute atomic E-state index is 0.394. The van der Waals surface area contributed by atoms with Gasteiger partial charge < -0.3 is 10.5 Å². The lowest BCUT2D eigenvalue weighted by Gasteiger charge is -2.15.